The summed E-state index contributed by atoms with van der Waals surface area (Å²) < 4.78 is 27.3. The van der Waals surface area contributed by atoms with Gasteiger partial charge in [-0.1, -0.05) is 13.8 Å². The second-order valence-corrected chi connectivity index (χ2v) is 6.50. The topological polar surface area (TPSA) is 86.9 Å². The number of aromatic amines is 1. The summed E-state index contributed by atoms with van der Waals surface area (Å²) in [5.41, 5.74) is 1.14. The molecule has 1 aliphatic rings. The minimum Gasteiger partial charge on any atom is -0.311 e. The van der Waals surface area contributed by atoms with Crippen LogP contribution in [0.2, 0.25) is 0 Å². The molecule has 18 heavy (non-hydrogen) atoms. The number of sulfonamides is 1. The van der Waals surface area contributed by atoms with Crippen molar-refractivity contribution < 1.29 is 8.42 Å². The Morgan fingerprint density at radius 3 is 2.72 bits per heavy atom. The first kappa shape index (κ1) is 13.5. The fraction of sp³-hybridized carbons (Fsp3) is 0.727. The lowest BCUT2D eigenvalue weighted by Crippen LogP contribution is -2.28. The van der Waals surface area contributed by atoms with Crippen molar-refractivity contribution in [3.63, 3.8) is 0 Å². The Morgan fingerprint density at radius 2 is 2.17 bits per heavy atom. The minimum absolute atomic E-state index is 0.0799. The highest BCUT2D eigenvalue weighted by atomic mass is 32.2. The zero-order chi connectivity index (χ0) is 13.3. The Bertz CT molecular complexity index is 523. The van der Waals surface area contributed by atoms with Crippen LogP contribution in [-0.2, 0) is 16.6 Å². The fourth-order valence-corrected chi connectivity index (χ4v) is 3.66. The first-order chi connectivity index (χ1) is 8.45. The van der Waals surface area contributed by atoms with E-state index >= 15 is 0 Å². The van der Waals surface area contributed by atoms with Crippen LogP contribution in [0.5, 0.6) is 0 Å². The molecule has 2 unspecified atom stereocenters. The fourth-order valence-electron chi connectivity index (χ4n) is 1.93. The van der Waals surface area contributed by atoms with Gasteiger partial charge in [-0.05, 0) is 25.8 Å². The Morgan fingerprint density at radius 1 is 1.50 bits per heavy atom. The largest absolute Gasteiger partial charge is 0.311 e. The summed E-state index contributed by atoms with van der Waals surface area (Å²) in [6.07, 6.45) is 0.915. The Labute approximate surface area is 108 Å². The molecule has 1 heterocycles. The van der Waals surface area contributed by atoms with Crippen molar-refractivity contribution >= 4 is 10.0 Å². The van der Waals surface area contributed by atoms with E-state index in [2.05, 4.69) is 20.2 Å². The maximum atomic E-state index is 12.3. The lowest BCUT2D eigenvalue weighted by atomic mass is 10.3. The first-order valence-corrected chi connectivity index (χ1v) is 7.71. The zero-order valence-electron chi connectivity index (χ0n) is 10.9. The van der Waals surface area contributed by atoms with E-state index in [0.29, 0.717) is 28.7 Å². The van der Waals surface area contributed by atoms with Crippen LogP contribution in [0.4, 0.5) is 0 Å². The van der Waals surface area contributed by atoms with E-state index in [1.807, 2.05) is 13.8 Å². The van der Waals surface area contributed by atoms with Gasteiger partial charge >= 0.3 is 0 Å². The van der Waals surface area contributed by atoms with Crippen molar-refractivity contribution in [1.29, 1.82) is 0 Å². The van der Waals surface area contributed by atoms with Crippen molar-refractivity contribution in [2.24, 2.45) is 5.92 Å². The van der Waals surface area contributed by atoms with Crippen molar-refractivity contribution in [2.75, 3.05) is 6.54 Å². The summed E-state index contributed by atoms with van der Waals surface area (Å²) in [4.78, 5) is 0.294. The normalized spacial score (nSPS) is 23.3. The van der Waals surface area contributed by atoms with Crippen LogP contribution in [-0.4, -0.2) is 31.2 Å². The molecule has 1 aliphatic carbocycles. The van der Waals surface area contributed by atoms with Crippen LogP contribution in [0.3, 0.4) is 0 Å². The molecule has 0 spiro atoms. The summed E-state index contributed by atoms with van der Waals surface area (Å²) in [5.74, 6) is 0.434. The molecule has 0 amide bonds. The summed E-state index contributed by atoms with van der Waals surface area (Å²) in [5, 5.41) is 9.90. The van der Waals surface area contributed by atoms with E-state index in [4.69, 9.17) is 0 Å². The average molecular weight is 272 g/mol. The third-order valence-electron chi connectivity index (χ3n) is 3.19. The van der Waals surface area contributed by atoms with Gasteiger partial charge in [0.15, 0.2) is 0 Å². The highest BCUT2D eigenvalue weighted by molar-refractivity contribution is 7.89. The molecule has 3 N–H and O–H groups in total. The molecule has 7 heteroatoms. The van der Waals surface area contributed by atoms with Gasteiger partial charge in [-0.15, -0.1) is 0 Å². The maximum absolute atomic E-state index is 12.3. The van der Waals surface area contributed by atoms with E-state index < -0.39 is 10.0 Å². The molecular weight excluding hydrogens is 252 g/mol. The van der Waals surface area contributed by atoms with Crippen LogP contribution in [0.1, 0.15) is 31.7 Å². The minimum atomic E-state index is -3.46. The Kier molecular flexibility index (Phi) is 3.74. The average Bonchev–Trinajstić information content (AvgIpc) is 2.82. The quantitative estimate of drug-likeness (QED) is 0.704. The van der Waals surface area contributed by atoms with E-state index in [1.54, 1.807) is 6.92 Å². The lowest BCUT2D eigenvalue weighted by Gasteiger charge is -2.07. The molecule has 1 aromatic rings. The third kappa shape index (κ3) is 2.73. The molecule has 0 bridgehead atoms. The van der Waals surface area contributed by atoms with Gasteiger partial charge in [0.05, 0.1) is 11.4 Å². The maximum Gasteiger partial charge on any atom is 0.244 e. The van der Waals surface area contributed by atoms with Crippen molar-refractivity contribution in [1.82, 2.24) is 20.2 Å². The van der Waals surface area contributed by atoms with Gasteiger partial charge in [0.1, 0.15) is 4.90 Å². The Hall–Kier alpha value is -0.920. The summed E-state index contributed by atoms with van der Waals surface area (Å²) in [6, 6.07) is 0.0799. The van der Waals surface area contributed by atoms with Gasteiger partial charge in [0.25, 0.3) is 0 Å². The number of H-pyrrole nitrogens is 1. The van der Waals surface area contributed by atoms with Gasteiger partial charge in [0, 0.05) is 12.6 Å². The molecule has 6 nitrogen and oxygen atoms in total. The van der Waals surface area contributed by atoms with E-state index in [1.165, 1.54) is 0 Å². The van der Waals surface area contributed by atoms with Crippen LogP contribution < -0.4 is 10.0 Å². The molecule has 0 aliphatic heterocycles. The summed E-state index contributed by atoms with van der Waals surface area (Å²) in [7, 11) is -3.46. The van der Waals surface area contributed by atoms with Crippen LogP contribution >= 0.6 is 0 Å². The standard InChI is InChI=1S/C11H20N4O2S/c1-4-12-6-10-11(8(3)13-14-10)18(16,17)15-9-5-7(9)2/h7,9,12,15H,4-6H2,1-3H3,(H,13,14). The van der Waals surface area contributed by atoms with Gasteiger partial charge in [-0.2, -0.15) is 5.10 Å². The van der Waals surface area contributed by atoms with E-state index in [0.717, 1.165) is 13.0 Å². The van der Waals surface area contributed by atoms with Gasteiger partial charge in [-0.3, -0.25) is 5.10 Å². The molecule has 0 saturated heterocycles. The highest BCUT2D eigenvalue weighted by Crippen LogP contribution is 2.31. The molecule has 0 aromatic carbocycles. The zero-order valence-corrected chi connectivity index (χ0v) is 11.8. The van der Waals surface area contributed by atoms with Crippen LogP contribution in [0.25, 0.3) is 0 Å². The molecule has 2 rings (SSSR count). The van der Waals surface area contributed by atoms with Gasteiger partial charge < -0.3 is 5.32 Å². The predicted molar refractivity (Wildman–Crippen MR) is 68.6 cm³/mol. The van der Waals surface area contributed by atoms with Crippen molar-refractivity contribution in [2.45, 2.75) is 44.7 Å². The monoisotopic (exact) mass is 272 g/mol. The number of rotatable bonds is 6. The summed E-state index contributed by atoms with van der Waals surface area (Å²) >= 11 is 0. The number of nitrogens with one attached hydrogen (secondary N) is 3. The number of aromatic nitrogens is 2. The smallest absolute Gasteiger partial charge is 0.244 e. The van der Waals surface area contributed by atoms with Gasteiger partial charge in [-0.25, -0.2) is 13.1 Å². The predicted octanol–water partition coefficient (Wildman–Crippen LogP) is 0.514. The third-order valence-corrected chi connectivity index (χ3v) is 4.88. The first-order valence-electron chi connectivity index (χ1n) is 6.22. The van der Waals surface area contributed by atoms with E-state index in [-0.39, 0.29) is 6.04 Å². The highest BCUT2D eigenvalue weighted by Gasteiger charge is 2.38. The SMILES string of the molecule is CCNCc1n[nH]c(C)c1S(=O)(=O)NC1CC1C. The number of hydrogen-bond acceptors (Lipinski definition) is 4. The molecule has 1 aromatic heterocycles. The molecular formula is C11H20N4O2S. The van der Waals surface area contributed by atoms with Crippen LogP contribution in [0, 0.1) is 12.8 Å². The second kappa shape index (κ2) is 4.99. The molecule has 2 atom stereocenters. The molecule has 1 saturated carbocycles. The molecule has 102 valence electrons. The lowest BCUT2D eigenvalue weighted by molar-refractivity contribution is 0.575. The molecule has 1 fully saturated rings. The second-order valence-electron chi connectivity index (χ2n) is 4.85. The van der Waals surface area contributed by atoms with Crippen molar-refractivity contribution in [3.05, 3.63) is 11.4 Å². The molecule has 0 radical (unpaired) electrons. The number of nitrogens with zero attached hydrogens (tertiary/aromatic N) is 1. The van der Waals surface area contributed by atoms with Crippen molar-refractivity contribution in [3.8, 4) is 0 Å². The Balaban J connectivity index is 2.22. The van der Waals surface area contributed by atoms with E-state index in [9.17, 15) is 8.42 Å². The number of hydrogen-bond donors (Lipinski definition) is 3. The summed E-state index contributed by atoms with van der Waals surface area (Å²) in [6.45, 7) is 6.97. The number of aryl methyl sites for hydroxylation is 1. The van der Waals surface area contributed by atoms with Gasteiger partial charge in [0.2, 0.25) is 10.0 Å². The van der Waals surface area contributed by atoms with Crippen LogP contribution in [0.15, 0.2) is 4.90 Å².